The molecule has 29 heavy (non-hydrogen) atoms. The maximum atomic E-state index is 12.5. The highest BCUT2D eigenvalue weighted by molar-refractivity contribution is 6.09. The fourth-order valence-corrected chi connectivity index (χ4v) is 3.40. The molecule has 1 amide bonds. The van der Waals surface area contributed by atoms with Crippen molar-refractivity contribution in [1.29, 1.82) is 5.26 Å². The van der Waals surface area contributed by atoms with Crippen LogP contribution >= 0.6 is 12.4 Å². The van der Waals surface area contributed by atoms with E-state index in [-0.39, 0.29) is 23.9 Å². The van der Waals surface area contributed by atoms with E-state index in [0.717, 1.165) is 18.7 Å². The van der Waals surface area contributed by atoms with Crippen molar-refractivity contribution >= 4 is 35.8 Å². The first kappa shape index (κ1) is 22.5. The zero-order valence-corrected chi connectivity index (χ0v) is 17.8. The Hall–Kier alpha value is -2.77. The van der Waals surface area contributed by atoms with E-state index in [0.29, 0.717) is 11.6 Å². The van der Waals surface area contributed by atoms with Crippen molar-refractivity contribution < 1.29 is 4.79 Å². The van der Waals surface area contributed by atoms with Crippen molar-refractivity contribution in [3.8, 4) is 6.07 Å². The van der Waals surface area contributed by atoms with E-state index in [1.54, 1.807) is 6.08 Å². The molecule has 0 atom stereocenters. The molecule has 0 spiro atoms. The molecule has 1 aliphatic heterocycles. The fourth-order valence-electron chi connectivity index (χ4n) is 3.40. The van der Waals surface area contributed by atoms with E-state index in [1.165, 1.54) is 30.5 Å². The number of rotatable bonds is 5. The maximum Gasteiger partial charge on any atom is 0.266 e. The number of carbonyl (C=O) groups excluding carboxylic acids is 1. The number of nitriles is 1. The number of anilines is 2. The van der Waals surface area contributed by atoms with Gasteiger partial charge >= 0.3 is 0 Å². The Morgan fingerprint density at radius 2 is 1.66 bits per heavy atom. The van der Waals surface area contributed by atoms with E-state index in [4.69, 9.17) is 0 Å². The summed E-state index contributed by atoms with van der Waals surface area (Å²) in [4.78, 5) is 14.9. The molecular formula is C24H28ClN3O. The summed E-state index contributed by atoms with van der Waals surface area (Å²) < 4.78 is 0. The molecule has 4 nitrogen and oxygen atoms in total. The SMILES string of the molecule is CC(C)c1ccc(/C=C(\C#N)C(=O)Nc2ccc(N3CCCCC3)cc2)cc1.Cl. The van der Waals surface area contributed by atoms with Crippen LogP contribution in [0.2, 0.25) is 0 Å². The van der Waals surface area contributed by atoms with E-state index in [9.17, 15) is 10.1 Å². The molecule has 0 saturated carbocycles. The van der Waals surface area contributed by atoms with Gasteiger partial charge < -0.3 is 10.2 Å². The number of hydrogen-bond acceptors (Lipinski definition) is 3. The lowest BCUT2D eigenvalue weighted by atomic mass is 10.0. The molecule has 1 aliphatic rings. The van der Waals surface area contributed by atoms with Crippen LogP contribution in [0.25, 0.3) is 6.08 Å². The van der Waals surface area contributed by atoms with Crippen molar-refractivity contribution in [3.05, 3.63) is 65.2 Å². The van der Waals surface area contributed by atoms with Crippen LogP contribution in [0.15, 0.2) is 54.1 Å². The average molecular weight is 410 g/mol. The largest absolute Gasteiger partial charge is 0.372 e. The quantitative estimate of drug-likeness (QED) is 0.503. The molecule has 5 heteroatoms. The van der Waals surface area contributed by atoms with Crippen molar-refractivity contribution in [2.24, 2.45) is 0 Å². The second kappa shape index (κ2) is 10.7. The third kappa shape index (κ3) is 6.10. The molecule has 2 aromatic rings. The molecule has 0 bridgehead atoms. The molecule has 2 aromatic carbocycles. The summed E-state index contributed by atoms with van der Waals surface area (Å²) in [7, 11) is 0. The summed E-state index contributed by atoms with van der Waals surface area (Å²) in [6.45, 7) is 6.44. The van der Waals surface area contributed by atoms with Crippen LogP contribution in [0.3, 0.4) is 0 Å². The summed E-state index contributed by atoms with van der Waals surface area (Å²) in [5, 5.41) is 12.2. The molecule has 0 unspecified atom stereocenters. The molecule has 1 saturated heterocycles. The topological polar surface area (TPSA) is 56.1 Å². The van der Waals surface area contributed by atoms with Gasteiger partial charge in [0.05, 0.1) is 0 Å². The number of carbonyl (C=O) groups is 1. The monoisotopic (exact) mass is 409 g/mol. The first-order valence-electron chi connectivity index (χ1n) is 9.95. The Balaban J connectivity index is 0.00000300. The predicted octanol–water partition coefficient (Wildman–Crippen LogP) is 5.77. The molecule has 1 heterocycles. The summed E-state index contributed by atoms with van der Waals surface area (Å²) in [5.41, 5.74) is 4.05. The molecular weight excluding hydrogens is 382 g/mol. The molecule has 1 N–H and O–H groups in total. The minimum absolute atomic E-state index is 0. The molecule has 3 rings (SSSR count). The van der Waals surface area contributed by atoms with Gasteiger partial charge in [0.25, 0.3) is 5.91 Å². The van der Waals surface area contributed by atoms with Gasteiger partial charge in [0.15, 0.2) is 0 Å². The number of hydrogen-bond donors (Lipinski definition) is 1. The van der Waals surface area contributed by atoms with Gasteiger partial charge in [-0.2, -0.15) is 5.26 Å². The lowest BCUT2D eigenvalue weighted by molar-refractivity contribution is -0.112. The first-order chi connectivity index (χ1) is 13.6. The molecule has 1 fully saturated rings. The van der Waals surface area contributed by atoms with Crippen molar-refractivity contribution in [3.63, 3.8) is 0 Å². The second-order valence-corrected chi connectivity index (χ2v) is 7.54. The number of benzene rings is 2. The van der Waals surface area contributed by atoms with Crippen molar-refractivity contribution in [2.75, 3.05) is 23.3 Å². The van der Waals surface area contributed by atoms with Gasteiger partial charge in [0.2, 0.25) is 0 Å². The Morgan fingerprint density at radius 1 is 1.03 bits per heavy atom. The molecule has 152 valence electrons. The highest BCUT2D eigenvalue weighted by atomic mass is 35.5. The highest BCUT2D eigenvalue weighted by Crippen LogP contribution is 2.22. The van der Waals surface area contributed by atoms with Crippen molar-refractivity contribution in [2.45, 2.75) is 39.0 Å². The van der Waals surface area contributed by atoms with E-state index in [1.807, 2.05) is 54.6 Å². The summed E-state index contributed by atoms with van der Waals surface area (Å²) >= 11 is 0. The van der Waals surface area contributed by atoms with Crippen LogP contribution in [0.1, 0.15) is 50.2 Å². The Morgan fingerprint density at radius 3 is 2.21 bits per heavy atom. The number of nitrogens with one attached hydrogen (secondary N) is 1. The van der Waals surface area contributed by atoms with Gasteiger partial charge in [-0.25, -0.2) is 0 Å². The van der Waals surface area contributed by atoms with Crippen LogP contribution in [0, 0.1) is 11.3 Å². The maximum absolute atomic E-state index is 12.5. The van der Waals surface area contributed by atoms with Crippen LogP contribution < -0.4 is 10.2 Å². The van der Waals surface area contributed by atoms with Gasteiger partial charge in [-0.15, -0.1) is 12.4 Å². The number of amides is 1. The average Bonchev–Trinajstić information content (AvgIpc) is 2.73. The summed E-state index contributed by atoms with van der Waals surface area (Å²) in [5.74, 6) is 0.0610. The standard InChI is InChI=1S/C24H27N3O.ClH/c1-18(2)20-8-6-19(7-9-20)16-21(17-25)24(28)26-22-10-12-23(13-11-22)27-14-4-3-5-15-27;/h6-13,16,18H,3-5,14-15H2,1-2H3,(H,26,28);1H/b21-16+;. The van der Waals surface area contributed by atoms with Gasteiger partial charge in [-0.3, -0.25) is 4.79 Å². The number of halogens is 1. The minimum atomic E-state index is -0.388. The van der Waals surface area contributed by atoms with Crippen LogP contribution in [0.4, 0.5) is 11.4 Å². The molecule has 0 radical (unpaired) electrons. The Bertz CT molecular complexity index is 874. The normalized spacial score (nSPS) is 14.1. The third-order valence-corrected chi connectivity index (χ3v) is 5.13. The number of piperidine rings is 1. The summed E-state index contributed by atoms with van der Waals surface area (Å²) in [6, 6.07) is 17.8. The Labute approximate surface area is 179 Å². The van der Waals surface area contributed by atoms with E-state index in [2.05, 4.69) is 24.1 Å². The fraction of sp³-hybridized carbons (Fsp3) is 0.333. The zero-order valence-electron chi connectivity index (χ0n) is 17.0. The molecule has 0 aromatic heterocycles. The van der Waals surface area contributed by atoms with Gasteiger partial charge in [0.1, 0.15) is 11.6 Å². The van der Waals surface area contributed by atoms with E-state index < -0.39 is 0 Å². The van der Waals surface area contributed by atoms with Gasteiger partial charge in [-0.05, 0) is 66.6 Å². The van der Waals surface area contributed by atoms with Crippen LogP contribution in [0.5, 0.6) is 0 Å². The minimum Gasteiger partial charge on any atom is -0.372 e. The zero-order chi connectivity index (χ0) is 19.9. The lowest BCUT2D eigenvalue weighted by Crippen LogP contribution is -2.29. The van der Waals surface area contributed by atoms with E-state index >= 15 is 0 Å². The summed E-state index contributed by atoms with van der Waals surface area (Å²) in [6.07, 6.45) is 5.38. The van der Waals surface area contributed by atoms with Crippen molar-refractivity contribution in [1.82, 2.24) is 0 Å². The smallest absolute Gasteiger partial charge is 0.266 e. The highest BCUT2D eigenvalue weighted by Gasteiger charge is 2.12. The predicted molar refractivity (Wildman–Crippen MR) is 123 cm³/mol. The third-order valence-electron chi connectivity index (χ3n) is 5.13. The lowest BCUT2D eigenvalue weighted by Gasteiger charge is -2.28. The second-order valence-electron chi connectivity index (χ2n) is 7.54. The first-order valence-corrected chi connectivity index (χ1v) is 9.95. The van der Waals surface area contributed by atoms with Gasteiger partial charge in [0, 0.05) is 24.5 Å². The van der Waals surface area contributed by atoms with Crippen LogP contribution in [-0.4, -0.2) is 19.0 Å². The number of nitrogens with zero attached hydrogens (tertiary/aromatic N) is 2. The Kier molecular flexibility index (Phi) is 8.30. The van der Waals surface area contributed by atoms with Crippen LogP contribution in [-0.2, 0) is 4.79 Å². The van der Waals surface area contributed by atoms with Gasteiger partial charge in [-0.1, -0.05) is 38.1 Å². The molecule has 0 aliphatic carbocycles.